The summed E-state index contributed by atoms with van der Waals surface area (Å²) >= 11 is 5.94. The van der Waals surface area contributed by atoms with Crippen LogP contribution in [0.5, 0.6) is 0 Å². The van der Waals surface area contributed by atoms with Crippen LogP contribution >= 0.6 is 11.6 Å². The number of nitrogens with zero attached hydrogens (tertiary/aromatic N) is 5. The van der Waals surface area contributed by atoms with Gasteiger partial charge in [-0.1, -0.05) is 16.8 Å². The van der Waals surface area contributed by atoms with Gasteiger partial charge in [-0.25, -0.2) is 9.97 Å². The second-order valence-corrected chi connectivity index (χ2v) is 8.38. The van der Waals surface area contributed by atoms with E-state index in [0.29, 0.717) is 59.3 Å². The van der Waals surface area contributed by atoms with Gasteiger partial charge in [0.05, 0.1) is 27.4 Å². The highest BCUT2D eigenvalue weighted by molar-refractivity contribution is 6.30. The lowest BCUT2D eigenvalue weighted by Gasteiger charge is -2.35. The lowest BCUT2D eigenvalue weighted by molar-refractivity contribution is 0.0748. The highest BCUT2D eigenvalue weighted by Crippen LogP contribution is 2.31. The Kier molecular flexibility index (Phi) is 5.09. The monoisotopic (exact) mass is 451 g/mol. The number of hydrogen-bond donors (Lipinski definition) is 0. The Labute approximate surface area is 189 Å². The molecule has 1 aliphatic rings. The maximum Gasteiger partial charge on any atom is 0.259 e. The molecule has 4 aromatic heterocycles. The number of halogens is 1. The van der Waals surface area contributed by atoms with Crippen molar-refractivity contribution < 1.29 is 13.7 Å². The topological polar surface area (TPSA) is 88.5 Å². The zero-order valence-electron chi connectivity index (χ0n) is 18.1. The first-order chi connectivity index (χ1) is 15.4. The molecule has 0 saturated carbocycles. The number of anilines is 1. The molecule has 1 aliphatic heterocycles. The van der Waals surface area contributed by atoms with Crippen molar-refractivity contribution in [1.82, 2.24) is 20.0 Å². The summed E-state index contributed by atoms with van der Waals surface area (Å²) in [6.07, 6.45) is 1.64. The Bertz CT molecular complexity index is 1300. The summed E-state index contributed by atoms with van der Waals surface area (Å²) in [7, 11) is 0. The van der Waals surface area contributed by atoms with Gasteiger partial charge >= 0.3 is 0 Å². The number of pyridine rings is 2. The summed E-state index contributed by atoms with van der Waals surface area (Å²) < 4.78 is 11.1. The molecule has 1 saturated heterocycles. The normalized spacial score (nSPS) is 14.4. The molecular formula is C23H22ClN5O3. The van der Waals surface area contributed by atoms with E-state index in [1.807, 2.05) is 49.9 Å². The summed E-state index contributed by atoms with van der Waals surface area (Å²) in [6, 6.07) is 7.46. The molecule has 0 bridgehead atoms. The lowest BCUT2D eigenvalue weighted by atomic mass is 10.0. The van der Waals surface area contributed by atoms with E-state index in [2.05, 4.69) is 20.0 Å². The first-order valence-corrected chi connectivity index (χ1v) is 10.8. The number of aromatic nitrogens is 3. The summed E-state index contributed by atoms with van der Waals surface area (Å²) in [5, 5.41) is 5.30. The number of carbonyl (C=O) groups is 1. The highest BCUT2D eigenvalue weighted by atomic mass is 35.5. The van der Waals surface area contributed by atoms with Crippen molar-refractivity contribution in [2.75, 3.05) is 31.1 Å². The van der Waals surface area contributed by atoms with Crippen LogP contribution in [0.2, 0.25) is 5.02 Å². The average Bonchev–Trinajstić information content (AvgIpc) is 3.34. The van der Waals surface area contributed by atoms with Gasteiger partial charge in [-0.3, -0.25) is 4.79 Å². The molecule has 9 heteroatoms. The van der Waals surface area contributed by atoms with E-state index in [9.17, 15) is 4.79 Å². The minimum atomic E-state index is -0.0634. The second kappa shape index (κ2) is 7.94. The summed E-state index contributed by atoms with van der Waals surface area (Å²) in [5.41, 5.74) is 3.01. The molecule has 0 aliphatic carbocycles. The Morgan fingerprint density at radius 3 is 2.53 bits per heavy atom. The van der Waals surface area contributed by atoms with Crippen LogP contribution in [-0.4, -0.2) is 52.1 Å². The van der Waals surface area contributed by atoms with Crippen LogP contribution in [-0.2, 0) is 0 Å². The molecule has 5 rings (SSSR count). The molecule has 32 heavy (non-hydrogen) atoms. The van der Waals surface area contributed by atoms with Gasteiger partial charge in [-0.15, -0.1) is 0 Å². The van der Waals surface area contributed by atoms with Crippen molar-refractivity contribution in [2.45, 2.75) is 20.8 Å². The van der Waals surface area contributed by atoms with Crippen molar-refractivity contribution in [3.8, 4) is 11.3 Å². The number of hydrogen-bond acceptors (Lipinski definition) is 7. The minimum absolute atomic E-state index is 0.0634. The highest BCUT2D eigenvalue weighted by Gasteiger charge is 2.27. The predicted molar refractivity (Wildman–Crippen MR) is 121 cm³/mol. The smallest absolute Gasteiger partial charge is 0.259 e. The van der Waals surface area contributed by atoms with Crippen molar-refractivity contribution in [1.29, 1.82) is 0 Å². The predicted octanol–water partition coefficient (Wildman–Crippen LogP) is 4.42. The molecule has 0 spiro atoms. The molecule has 0 unspecified atom stereocenters. The van der Waals surface area contributed by atoms with Crippen LogP contribution in [0.25, 0.3) is 22.4 Å². The van der Waals surface area contributed by atoms with E-state index in [-0.39, 0.29) is 5.91 Å². The third kappa shape index (κ3) is 3.60. The van der Waals surface area contributed by atoms with Crippen molar-refractivity contribution in [3.63, 3.8) is 0 Å². The Balaban J connectivity index is 1.45. The Morgan fingerprint density at radius 1 is 1.09 bits per heavy atom. The van der Waals surface area contributed by atoms with Crippen LogP contribution in [0, 0.1) is 20.8 Å². The standard InChI is InChI=1S/C23H22ClN5O3/c1-13-10-17(15(3)31-13)19-11-18(21-14(2)27-32-22(21)26-19)23(30)29-8-6-28(7-9-29)20-5-4-16(24)12-25-20/h4-5,10-12H,6-9H2,1-3H3. The molecule has 164 valence electrons. The third-order valence-electron chi connectivity index (χ3n) is 5.77. The first kappa shape index (κ1) is 20.5. The molecule has 4 aromatic rings. The van der Waals surface area contributed by atoms with E-state index in [1.54, 1.807) is 6.20 Å². The van der Waals surface area contributed by atoms with Gasteiger partial charge in [0.25, 0.3) is 11.6 Å². The number of piperazine rings is 1. The molecule has 0 aromatic carbocycles. The van der Waals surface area contributed by atoms with Gasteiger partial charge < -0.3 is 18.7 Å². The molecule has 8 nitrogen and oxygen atoms in total. The summed E-state index contributed by atoms with van der Waals surface area (Å²) in [4.78, 5) is 26.6. The van der Waals surface area contributed by atoms with Gasteiger partial charge in [0.1, 0.15) is 17.3 Å². The summed E-state index contributed by atoms with van der Waals surface area (Å²) in [6.45, 7) is 8.11. The van der Waals surface area contributed by atoms with Gasteiger partial charge in [0.2, 0.25) is 0 Å². The Morgan fingerprint density at radius 2 is 1.88 bits per heavy atom. The van der Waals surface area contributed by atoms with E-state index >= 15 is 0 Å². The van der Waals surface area contributed by atoms with Crippen LogP contribution in [0.3, 0.4) is 0 Å². The number of rotatable bonds is 3. The molecule has 0 atom stereocenters. The van der Waals surface area contributed by atoms with Gasteiger partial charge in [-0.2, -0.15) is 0 Å². The van der Waals surface area contributed by atoms with Crippen LogP contribution in [0.15, 0.2) is 39.4 Å². The molecule has 1 amide bonds. The lowest BCUT2D eigenvalue weighted by Crippen LogP contribution is -2.49. The van der Waals surface area contributed by atoms with Gasteiger partial charge in [0, 0.05) is 37.9 Å². The van der Waals surface area contributed by atoms with E-state index in [1.165, 1.54) is 0 Å². The maximum absolute atomic E-state index is 13.6. The van der Waals surface area contributed by atoms with Crippen molar-refractivity contribution in [2.24, 2.45) is 0 Å². The molecule has 0 N–H and O–H groups in total. The molecule has 5 heterocycles. The number of furan rings is 1. The number of fused-ring (bicyclic) bond motifs is 1. The minimum Gasteiger partial charge on any atom is -0.466 e. The quantitative estimate of drug-likeness (QED) is 0.455. The van der Waals surface area contributed by atoms with Crippen LogP contribution in [0.1, 0.15) is 27.6 Å². The molecular weight excluding hydrogens is 430 g/mol. The molecule has 1 fully saturated rings. The summed E-state index contributed by atoms with van der Waals surface area (Å²) in [5.74, 6) is 2.32. The fourth-order valence-corrected chi connectivity index (χ4v) is 4.26. The molecule has 0 radical (unpaired) electrons. The number of carbonyl (C=O) groups excluding carboxylic acids is 1. The Hall–Kier alpha value is -3.39. The number of amides is 1. The fraction of sp³-hybridized carbons (Fsp3) is 0.304. The van der Waals surface area contributed by atoms with Gasteiger partial charge in [-0.05, 0) is 45.0 Å². The van der Waals surface area contributed by atoms with Crippen molar-refractivity contribution in [3.05, 3.63) is 58.3 Å². The largest absolute Gasteiger partial charge is 0.466 e. The van der Waals surface area contributed by atoms with Gasteiger partial charge in [0.15, 0.2) is 0 Å². The average molecular weight is 452 g/mol. The van der Waals surface area contributed by atoms with E-state index in [4.69, 9.17) is 20.5 Å². The number of aryl methyl sites for hydroxylation is 3. The van der Waals surface area contributed by atoms with E-state index in [0.717, 1.165) is 22.9 Å². The zero-order valence-corrected chi connectivity index (χ0v) is 18.8. The zero-order chi connectivity index (χ0) is 22.4. The van der Waals surface area contributed by atoms with Crippen LogP contribution < -0.4 is 4.90 Å². The van der Waals surface area contributed by atoms with E-state index < -0.39 is 0 Å². The SMILES string of the molecule is Cc1cc(-c2cc(C(=O)N3CCN(c4ccc(Cl)cn4)CC3)c3c(C)noc3n2)c(C)o1. The van der Waals surface area contributed by atoms with Crippen molar-refractivity contribution >= 4 is 34.4 Å². The first-order valence-electron chi connectivity index (χ1n) is 10.4. The van der Waals surface area contributed by atoms with Crippen LogP contribution in [0.4, 0.5) is 5.82 Å². The second-order valence-electron chi connectivity index (χ2n) is 7.94. The fourth-order valence-electron chi connectivity index (χ4n) is 4.15. The maximum atomic E-state index is 13.6. The third-order valence-corrected chi connectivity index (χ3v) is 5.99.